The molecule has 17 heavy (non-hydrogen) atoms. The zero-order valence-corrected chi connectivity index (χ0v) is 8.96. The Morgan fingerprint density at radius 3 is 2.53 bits per heavy atom. The van der Waals surface area contributed by atoms with E-state index in [0.29, 0.717) is 11.1 Å². The molecule has 0 aromatic heterocycles. The largest absolute Gasteiger partial charge is 0.507 e. The van der Waals surface area contributed by atoms with Crippen LogP contribution in [0.2, 0.25) is 0 Å². The summed E-state index contributed by atoms with van der Waals surface area (Å²) in [5.74, 6) is 0.198. The van der Waals surface area contributed by atoms with E-state index in [9.17, 15) is 5.11 Å². The summed E-state index contributed by atoms with van der Waals surface area (Å²) >= 11 is 0. The van der Waals surface area contributed by atoms with Crippen molar-refractivity contribution in [3.05, 3.63) is 53.5 Å². The van der Waals surface area contributed by atoms with Crippen molar-refractivity contribution in [2.45, 2.75) is 0 Å². The Labute approximate surface area is 97.5 Å². The third-order valence-electron chi connectivity index (χ3n) is 2.94. The van der Waals surface area contributed by atoms with E-state index in [2.05, 4.69) is 4.98 Å². The van der Waals surface area contributed by atoms with Crippen LogP contribution in [-0.4, -0.2) is 5.11 Å². The zero-order valence-electron chi connectivity index (χ0n) is 8.96. The number of diazo groups is 1. The Balaban J connectivity index is 2.55. The number of phenols is 1. The van der Waals surface area contributed by atoms with Gasteiger partial charge in [-0.25, -0.2) is 0 Å². The summed E-state index contributed by atoms with van der Waals surface area (Å²) < 4.78 is 0. The molecule has 0 fully saturated rings. The lowest BCUT2D eigenvalue weighted by molar-refractivity contribution is 0.482. The first kappa shape index (κ1) is 9.61. The number of aromatic hydroxyl groups is 1. The van der Waals surface area contributed by atoms with Crippen LogP contribution in [0.1, 0.15) is 0 Å². The molecule has 0 aliphatic rings. The molecular formula is C14H9N2O+. The van der Waals surface area contributed by atoms with Crippen molar-refractivity contribution in [2.24, 2.45) is 0 Å². The van der Waals surface area contributed by atoms with Gasteiger partial charge in [-0.2, -0.15) is 0 Å². The maximum Gasteiger partial charge on any atom is 0.385 e. The van der Waals surface area contributed by atoms with Gasteiger partial charge in [-0.05, 0) is 28.3 Å². The first-order valence-corrected chi connectivity index (χ1v) is 5.29. The Bertz CT molecular complexity index is 772. The van der Waals surface area contributed by atoms with Gasteiger partial charge in [-0.3, -0.25) is 0 Å². The van der Waals surface area contributed by atoms with Crippen molar-refractivity contribution in [1.82, 2.24) is 0 Å². The van der Waals surface area contributed by atoms with Crippen molar-refractivity contribution < 1.29 is 5.11 Å². The van der Waals surface area contributed by atoms with Gasteiger partial charge in [0.1, 0.15) is 5.75 Å². The van der Waals surface area contributed by atoms with Crippen LogP contribution in [-0.2, 0) is 0 Å². The molecule has 0 unspecified atom stereocenters. The summed E-state index contributed by atoms with van der Waals surface area (Å²) in [5.41, 5.74) is 0.433. The first-order chi connectivity index (χ1) is 8.29. The van der Waals surface area contributed by atoms with Crippen molar-refractivity contribution in [3.63, 3.8) is 0 Å². The fourth-order valence-corrected chi connectivity index (χ4v) is 2.13. The minimum Gasteiger partial charge on any atom is -0.507 e. The number of nitrogens with zero attached hydrogens (tertiary/aromatic N) is 2. The maximum absolute atomic E-state index is 9.97. The second-order valence-corrected chi connectivity index (χ2v) is 3.95. The molecule has 0 atom stereocenters. The molecule has 80 valence electrons. The molecule has 3 heteroatoms. The highest BCUT2D eigenvalue weighted by molar-refractivity contribution is 6.10. The Morgan fingerprint density at radius 1 is 0.882 bits per heavy atom. The summed E-state index contributed by atoms with van der Waals surface area (Å²) in [4.78, 5) is 3.13. The lowest BCUT2D eigenvalue weighted by atomic mass is 10.0. The van der Waals surface area contributed by atoms with E-state index >= 15 is 0 Å². The lowest BCUT2D eigenvalue weighted by Gasteiger charge is -2.04. The molecule has 0 heterocycles. The Morgan fingerprint density at radius 2 is 1.71 bits per heavy atom. The first-order valence-electron chi connectivity index (χ1n) is 5.29. The van der Waals surface area contributed by atoms with Crippen LogP contribution in [0.15, 0.2) is 48.5 Å². The number of rotatable bonds is 0. The molecule has 0 aliphatic heterocycles. The number of hydrogen-bond donors (Lipinski definition) is 1. The zero-order chi connectivity index (χ0) is 11.8. The minimum atomic E-state index is 0.198. The quantitative estimate of drug-likeness (QED) is 0.457. The van der Waals surface area contributed by atoms with Gasteiger partial charge in [0.15, 0.2) is 4.98 Å². The Hall–Kier alpha value is -2.60. The van der Waals surface area contributed by atoms with Gasteiger partial charge in [-0.15, -0.1) is 0 Å². The average Bonchev–Trinajstić information content (AvgIpc) is 2.38. The third kappa shape index (κ3) is 1.39. The van der Waals surface area contributed by atoms with Crippen molar-refractivity contribution in [2.75, 3.05) is 0 Å². The number of benzene rings is 3. The predicted octanol–water partition coefficient (Wildman–Crippen LogP) is 4.18. The average molecular weight is 221 g/mol. The van der Waals surface area contributed by atoms with Gasteiger partial charge < -0.3 is 5.11 Å². The minimum absolute atomic E-state index is 0.198. The highest BCUT2D eigenvalue weighted by Crippen LogP contribution is 2.34. The van der Waals surface area contributed by atoms with E-state index in [1.165, 1.54) is 0 Å². The van der Waals surface area contributed by atoms with Gasteiger partial charge in [0.05, 0.1) is 0 Å². The molecular weight excluding hydrogens is 212 g/mol. The van der Waals surface area contributed by atoms with Gasteiger partial charge in [0.25, 0.3) is 0 Å². The molecule has 0 saturated carbocycles. The van der Waals surface area contributed by atoms with Crippen LogP contribution in [0, 0.1) is 5.39 Å². The van der Waals surface area contributed by atoms with Gasteiger partial charge in [0, 0.05) is 17.5 Å². The number of fused-ring (bicyclic) bond motifs is 3. The highest BCUT2D eigenvalue weighted by atomic mass is 16.3. The molecule has 3 aromatic carbocycles. The summed E-state index contributed by atoms with van der Waals surface area (Å²) in [6, 6.07) is 14.8. The van der Waals surface area contributed by atoms with E-state index in [-0.39, 0.29) is 5.75 Å². The van der Waals surface area contributed by atoms with Crippen molar-refractivity contribution in [3.8, 4) is 5.75 Å². The van der Waals surface area contributed by atoms with Gasteiger partial charge in [-0.1, -0.05) is 24.3 Å². The SMILES string of the molecule is N#[N+]c1ccc2c(c1)c(O)cc1ccccc12. The van der Waals surface area contributed by atoms with Crippen LogP contribution in [0.5, 0.6) is 5.75 Å². The molecule has 0 aliphatic carbocycles. The van der Waals surface area contributed by atoms with Crippen LogP contribution in [0.3, 0.4) is 0 Å². The lowest BCUT2D eigenvalue weighted by Crippen LogP contribution is -1.78. The van der Waals surface area contributed by atoms with Crippen LogP contribution in [0.4, 0.5) is 5.69 Å². The second-order valence-electron chi connectivity index (χ2n) is 3.95. The molecule has 0 radical (unpaired) electrons. The van der Waals surface area contributed by atoms with E-state index in [0.717, 1.165) is 16.2 Å². The van der Waals surface area contributed by atoms with Crippen LogP contribution in [0.25, 0.3) is 26.5 Å². The maximum atomic E-state index is 9.97. The monoisotopic (exact) mass is 221 g/mol. The van der Waals surface area contributed by atoms with Crippen LogP contribution >= 0.6 is 0 Å². The molecule has 0 bridgehead atoms. The number of phenolic OH excluding ortho intramolecular Hbond substituents is 1. The molecule has 0 spiro atoms. The topological polar surface area (TPSA) is 48.4 Å². The molecule has 0 amide bonds. The Kier molecular flexibility index (Phi) is 1.96. The standard InChI is InChI=1S/C14H8N2O/c15-16-10-5-6-12-11-4-2-1-3-9(11)7-14(17)13(12)8-10/h1-8H/p+1. The predicted molar refractivity (Wildman–Crippen MR) is 67.9 cm³/mol. The van der Waals surface area contributed by atoms with E-state index in [1.807, 2.05) is 30.3 Å². The molecule has 3 rings (SSSR count). The molecule has 3 aromatic rings. The normalized spacial score (nSPS) is 10.5. The van der Waals surface area contributed by atoms with Gasteiger partial charge in [0.2, 0.25) is 5.39 Å². The van der Waals surface area contributed by atoms with Crippen molar-refractivity contribution >= 4 is 27.2 Å². The summed E-state index contributed by atoms with van der Waals surface area (Å²) in [6.45, 7) is 0. The van der Waals surface area contributed by atoms with Gasteiger partial charge >= 0.3 is 5.69 Å². The van der Waals surface area contributed by atoms with E-state index < -0.39 is 0 Å². The second kappa shape index (κ2) is 3.46. The summed E-state index contributed by atoms with van der Waals surface area (Å²) in [6.07, 6.45) is 0. The molecule has 0 saturated heterocycles. The highest BCUT2D eigenvalue weighted by Gasteiger charge is 2.10. The fraction of sp³-hybridized carbons (Fsp3) is 0. The molecule has 1 N–H and O–H groups in total. The third-order valence-corrected chi connectivity index (χ3v) is 2.94. The van der Waals surface area contributed by atoms with E-state index in [4.69, 9.17) is 5.39 Å². The summed E-state index contributed by atoms with van der Waals surface area (Å²) in [5, 5.41) is 22.4. The van der Waals surface area contributed by atoms with Crippen molar-refractivity contribution in [1.29, 1.82) is 5.39 Å². The molecule has 3 nitrogen and oxygen atoms in total. The number of hydrogen-bond acceptors (Lipinski definition) is 2. The van der Waals surface area contributed by atoms with Crippen LogP contribution < -0.4 is 0 Å². The smallest absolute Gasteiger partial charge is 0.385 e. The van der Waals surface area contributed by atoms with E-state index in [1.54, 1.807) is 18.2 Å². The fourth-order valence-electron chi connectivity index (χ4n) is 2.13. The summed E-state index contributed by atoms with van der Waals surface area (Å²) in [7, 11) is 0.